The molecule has 1 aromatic carbocycles. The van der Waals surface area contributed by atoms with Gasteiger partial charge in [0.05, 0.1) is 35.5 Å². The molecule has 0 aliphatic heterocycles. The van der Waals surface area contributed by atoms with E-state index >= 15 is 0 Å². The molecular weight excluding hydrogens is 557 g/mol. The van der Waals surface area contributed by atoms with Gasteiger partial charge in [-0.3, -0.25) is 14.2 Å². The molecule has 1 amide bonds. The quantitative estimate of drug-likeness (QED) is 0.380. The number of pyridine rings is 1. The number of allylic oxidation sites excluding steroid dienone is 3. The second-order valence-electron chi connectivity index (χ2n) is 10.9. The van der Waals surface area contributed by atoms with E-state index in [1.54, 1.807) is 31.3 Å². The highest BCUT2D eigenvalue weighted by Gasteiger charge is 2.29. The van der Waals surface area contributed by atoms with E-state index in [1.165, 1.54) is 23.9 Å². The van der Waals surface area contributed by atoms with Gasteiger partial charge >= 0.3 is 11.7 Å². The lowest BCUT2D eigenvalue weighted by Gasteiger charge is -2.26. The second kappa shape index (κ2) is 12.6. The van der Waals surface area contributed by atoms with Crippen LogP contribution in [0.4, 0.5) is 4.39 Å². The van der Waals surface area contributed by atoms with Crippen molar-refractivity contribution < 1.29 is 23.5 Å². The van der Waals surface area contributed by atoms with Gasteiger partial charge in [0.25, 0.3) is 11.5 Å². The van der Waals surface area contributed by atoms with E-state index in [4.69, 9.17) is 15.2 Å². The van der Waals surface area contributed by atoms with Crippen molar-refractivity contribution in [2.75, 3.05) is 7.11 Å². The standard InChI is InChI=1S/C31H34FN5O6/c1-36-26-17-34-27(42-2)16-23(26)29(39)37(31(36)41)20-11-8-18(9-12-20)14-25(30(40)43-21-6-4-3-5-7-21)35-28(38)22-13-10-19(33)15-24(22)32/h8-9,11-12,15-17,21,25H,3-7,10,13-14,33H2,1-2H3,(H,35,38)/t25-/m0/s1. The number of carbonyl (C=O) groups is 2. The van der Waals surface area contributed by atoms with Crippen molar-refractivity contribution in [3.05, 3.63) is 86.1 Å². The number of rotatable bonds is 8. The third kappa shape index (κ3) is 6.37. The highest BCUT2D eigenvalue weighted by Crippen LogP contribution is 2.24. The lowest BCUT2D eigenvalue weighted by molar-refractivity contribution is -0.154. The number of hydrogen-bond donors (Lipinski definition) is 2. The van der Waals surface area contributed by atoms with Crippen LogP contribution in [-0.4, -0.2) is 45.3 Å². The summed E-state index contributed by atoms with van der Waals surface area (Å²) in [7, 11) is 2.98. The van der Waals surface area contributed by atoms with Gasteiger partial charge in [-0.15, -0.1) is 0 Å². The van der Waals surface area contributed by atoms with Crippen molar-refractivity contribution in [3.63, 3.8) is 0 Å². The number of methoxy groups -OCH3 is 1. The fourth-order valence-electron chi connectivity index (χ4n) is 5.48. The first kappa shape index (κ1) is 29.7. The summed E-state index contributed by atoms with van der Waals surface area (Å²) in [6.45, 7) is 0. The molecule has 1 atom stereocenters. The van der Waals surface area contributed by atoms with Crippen molar-refractivity contribution in [2.45, 2.75) is 63.5 Å². The lowest BCUT2D eigenvalue weighted by Crippen LogP contribution is -2.45. The van der Waals surface area contributed by atoms with Crippen molar-refractivity contribution in [1.29, 1.82) is 0 Å². The average molecular weight is 592 g/mol. The topological polar surface area (TPSA) is 148 Å². The number of aryl methyl sites for hydroxylation is 1. The number of nitrogens with one attached hydrogen (secondary N) is 1. The second-order valence-corrected chi connectivity index (χ2v) is 10.9. The molecule has 0 radical (unpaired) electrons. The largest absolute Gasteiger partial charge is 0.481 e. The van der Waals surface area contributed by atoms with E-state index in [2.05, 4.69) is 10.3 Å². The van der Waals surface area contributed by atoms with Crippen LogP contribution in [0.1, 0.15) is 50.5 Å². The number of esters is 1. The van der Waals surface area contributed by atoms with Crippen LogP contribution in [0, 0.1) is 0 Å². The normalized spacial score (nSPS) is 16.5. The molecule has 2 aromatic heterocycles. The minimum Gasteiger partial charge on any atom is -0.481 e. The predicted molar refractivity (Wildman–Crippen MR) is 157 cm³/mol. The molecule has 11 nitrogen and oxygen atoms in total. The molecule has 1 saturated carbocycles. The molecular formula is C31H34FN5O6. The summed E-state index contributed by atoms with van der Waals surface area (Å²) in [6.07, 6.45) is 7.31. The zero-order chi connectivity index (χ0) is 30.7. The maximum Gasteiger partial charge on any atom is 0.335 e. The van der Waals surface area contributed by atoms with E-state index in [-0.39, 0.29) is 35.8 Å². The van der Waals surface area contributed by atoms with Crippen molar-refractivity contribution >= 4 is 22.8 Å². The smallest absolute Gasteiger partial charge is 0.335 e. The molecule has 3 N–H and O–H groups in total. The Morgan fingerprint density at radius 3 is 2.53 bits per heavy atom. The Hall–Kier alpha value is -4.74. The van der Waals surface area contributed by atoms with E-state index in [1.807, 2.05) is 0 Å². The Morgan fingerprint density at radius 1 is 1.14 bits per heavy atom. The number of aromatic nitrogens is 3. The van der Waals surface area contributed by atoms with Crippen LogP contribution in [-0.2, 0) is 27.8 Å². The fourth-order valence-corrected chi connectivity index (χ4v) is 5.48. The van der Waals surface area contributed by atoms with Gasteiger partial charge in [0.2, 0.25) is 5.88 Å². The first-order chi connectivity index (χ1) is 20.7. The SMILES string of the molecule is COc1cc2c(=O)n(-c3ccc(C[C@H](NC(=O)C4=C(F)C=C(N)CC4)C(=O)OC4CCCCC4)cc3)c(=O)n(C)c2cn1. The van der Waals surface area contributed by atoms with Crippen molar-refractivity contribution in [1.82, 2.24) is 19.4 Å². The number of amides is 1. The van der Waals surface area contributed by atoms with Gasteiger partial charge in [-0.25, -0.2) is 23.5 Å². The fraction of sp³-hybridized carbons (Fsp3) is 0.387. The van der Waals surface area contributed by atoms with Crippen molar-refractivity contribution in [3.8, 4) is 11.6 Å². The zero-order valence-electron chi connectivity index (χ0n) is 24.1. The third-order valence-corrected chi connectivity index (χ3v) is 7.94. The summed E-state index contributed by atoms with van der Waals surface area (Å²) in [5.74, 6) is -1.78. The van der Waals surface area contributed by atoms with Crippen LogP contribution >= 0.6 is 0 Å². The highest BCUT2D eigenvalue weighted by molar-refractivity contribution is 5.97. The van der Waals surface area contributed by atoms with Crippen LogP contribution in [0.25, 0.3) is 16.6 Å². The molecule has 2 heterocycles. The molecule has 0 bridgehead atoms. The van der Waals surface area contributed by atoms with E-state index < -0.39 is 35.0 Å². The summed E-state index contributed by atoms with van der Waals surface area (Å²) in [6, 6.07) is 6.89. The first-order valence-corrected chi connectivity index (χ1v) is 14.3. The molecule has 5 rings (SSSR count). The molecule has 0 unspecified atom stereocenters. The van der Waals surface area contributed by atoms with Gasteiger partial charge in [0, 0.05) is 25.2 Å². The van der Waals surface area contributed by atoms with Gasteiger partial charge < -0.3 is 20.5 Å². The number of ether oxygens (including phenoxy) is 2. The minimum absolute atomic E-state index is 0.0535. The van der Waals surface area contributed by atoms with Gasteiger partial charge in [-0.1, -0.05) is 18.6 Å². The number of halogens is 1. The van der Waals surface area contributed by atoms with Gasteiger partial charge in [0.15, 0.2) is 0 Å². The molecule has 2 aliphatic carbocycles. The van der Waals surface area contributed by atoms with Gasteiger partial charge in [-0.05, 0) is 62.3 Å². The van der Waals surface area contributed by atoms with Crippen LogP contribution in [0.15, 0.2) is 69.3 Å². The highest BCUT2D eigenvalue weighted by atomic mass is 19.1. The average Bonchev–Trinajstić information content (AvgIpc) is 3.00. The van der Waals surface area contributed by atoms with E-state index in [0.29, 0.717) is 28.9 Å². The zero-order valence-corrected chi connectivity index (χ0v) is 24.1. The number of nitrogens with zero attached hydrogens (tertiary/aromatic N) is 3. The molecule has 1 fully saturated rings. The molecule has 3 aromatic rings. The summed E-state index contributed by atoms with van der Waals surface area (Å²) >= 11 is 0. The van der Waals surface area contributed by atoms with Crippen LogP contribution in [0.3, 0.4) is 0 Å². The Bertz CT molecular complexity index is 1730. The molecule has 12 heteroatoms. The maximum atomic E-state index is 14.5. The van der Waals surface area contributed by atoms with Gasteiger partial charge in [0.1, 0.15) is 18.0 Å². The molecule has 0 saturated heterocycles. The molecule has 0 spiro atoms. The summed E-state index contributed by atoms with van der Waals surface area (Å²) in [5, 5.41) is 2.92. The molecule has 226 valence electrons. The first-order valence-electron chi connectivity index (χ1n) is 14.3. The van der Waals surface area contributed by atoms with Crippen molar-refractivity contribution in [2.24, 2.45) is 12.8 Å². The van der Waals surface area contributed by atoms with Gasteiger partial charge in [-0.2, -0.15) is 0 Å². The van der Waals surface area contributed by atoms with E-state index in [9.17, 15) is 23.6 Å². The lowest BCUT2D eigenvalue weighted by atomic mass is 9.97. The predicted octanol–water partition coefficient (Wildman–Crippen LogP) is 2.86. The monoisotopic (exact) mass is 591 g/mol. The van der Waals surface area contributed by atoms with Crippen LogP contribution in [0.5, 0.6) is 5.88 Å². The number of fused-ring (bicyclic) bond motifs is 1. The van der Waals surface area contributed by atoms with Crippen LogP contribution in [0.2, 0.25) is 0 Å². The van der Waals surface area contributed by atoms with Crippen LogP contribution < -0.4 is 27.0 Å². The number of hydrogen-bond acceptors (Lipinski definition) is 8. The number of nitrogens with two attached hydrogens (primary N) is 1. The Kier molecular flexibility index (Phi) is 8.74. The Balaban J connectivity index is 1.42. The number of benzene rings is 1. The summed E-state index contributed by atoms with van der Waals surface area (Å²) in [4.78, 5) is 56.9. The molecule has 43 heavy (non-hydrogen) atoms. The Morgan fingerprint density at radius 2 is 1.86 bits per heavy atom. The Labute approximate surface area is 246 Å². The maximum absolute atomic E-state index is 14.5. The van der Waals surface area contributed by atoms with E-state index in [0.717, 1.165) is 42.7 Å². The summed E-state index contributed by atoms with van der Waals surface area (Å²) in [5.41, 5.74) is 6.19. The third-order valence-electron chi connectivity index (χ3n) is 7.94. The minimum atomic E-state index is -1.08. The number of carbonyl (C=O) groups excluding carboxylic acids is 2. The molecule has 2 aliphatic rings. The summed E-state index contributed by atoms with van der Waals surface area (Å²) < 4.78 is 27.8.